The number of aromatic nitrogens is 3. The van der Waals surface area contributed by atoms with Crippen LogP contribution in [0.4, 0.5) is 5.95 Å². The number of ketones is 1. The van der Waals surface area contributed by atoms with Crippen molar-refractivity contribution in [3.8, 4) is 11.5 Å². The van der Waals surface area contributed by atoms with E-state index in [9.17, 15) is 14.7 Å². The molecule has 1 aliphatic rings. The number of aliphatic hydroxyl groups excluding tert-OH is 1. The van der Waals surface area contributed by atoms with E-state index >= 15 is 0 Å². The number of imidazole rings is 1. The first-order valence-corrected chi connectivity index (χ1v) is 11.6. The Morgan fingerprint density at radius 1 is 0.946 bits per heavy atom. The number of fused-ring (bicyclic) bond motifs is 2. The van der Waals surface area contributed by atoms with Gasteiger partial charge in [0.15, 0.2) is 11.5 Å². The number of amides is 1. The first kappa shape index (κ1) is 22.4. The van der Waals surface area contributed by atoms with Gasteiger partial charge >= 0.3 is 5.91 Å². The third kappa shape index (κ3) is 3.43. The molecule has 0 aliphatic carbocycles. The quantitative estimate of drug-likeness (QED) is 0.185. The lowest BCUT2D eigenvalue weighted by atomic mass is 9.95. The monoisotopic (exact) mass is 494 g/mol. The molecular weight excluding hydrogens is 472 g/mol. The molecule has 6 rings (SSSR count). The summed E-state index contributed by atoms with van der Waals surface area (Å²) in [6.45, 7) is 0. The molecule has 37 heavy (non-hydrogen) atoms. The van der Waals surface area contributed by atoms with Gasteiger partial charge in [0.1, 0.15) is 5.76 Å². The predicted molar refractivity (Wildman–Crippen MR) is 139 cm³/mol. The number of methoxy groups -OCH3 is 2. The zero-order chi connectivity index (χ0) is 25.7. The van der Waals surface area contributed by atoms with Crippen molar-refractivity contribution in [3.05, 3.63) is 89.6 Å². The molecule has 184 valence electrons. The molecule has 3 N–H and O–H groups in total. The molecule has 5 aromatic rings. The minimum Gasteiger partial charge on any atom is -0.507 e. The number of rotatable bonds is 5. The molecule has 0 saturated carbocycles. The van der Waals surface area contributed by atoms with Gasteiger partial charge in [0.2, 0.25) is 5.95 Å². The van der Waals surface area contributed by atoms with Crippen LogP contribution in [0.1, 0.15) is 17.2 Å². The van der Waals surface area contributed by atoms with Gasteiger partial charge in [-0.25, -0.2) is 4.98 Å². The summed E-state index contributed by atoms with van der Waals surface area (Å²) in [5, 5.41) is 12.3. The number of para-hydroxylation sites is 3. The summed E-state index contributed by atoms with van der Waals surface area (Å²) in [6, 6.07) is 18.9. The average Bonchev–Trinajstić information content (AvgIpc) is 3.62. The molecule has 1 aliphatic heterocycles. The van der Waals surface area contributed by atoms with E-state index in [-0.39, 0.29) is 17.3 Å². The molecule has 0 spiro atoms. The van der Waals surface area contributed by atoms with Crippen LogP contribution in [0.15, 0.2) is 78.5 Å². The summed E-state index contributed by atoms with van der Waals surface area (Å²) in [7, 11) is 3.03. The van der Waals surface area contributed by atoms with Gasteiger partial charge in [0.25, 0.3) is 5.78 Å². The SMILES string of the molecule is COc1ccc(C2/C(=C(\O)c3c[nH]c4ccccc34)C(=O)C(=O)N2c2nc3ccccc3[nH]2)cc1OC. The molecular formula is C28H22N4O5. The number of benzene rings is 3. The number of carbonyl (C=O) groups is 2. The topological polar surface area (TPSA) is 121 Å². The number of carbonyl (C=O) groups excluding carboxylic acids is 2. The summed E-state index contributed by atoms with van der Waals surface area (Å²) in [6.07, 6.45) is 1.63. The first-order valence-electron chi connectivity index (χ1n) is 11.6. The molecule has 1 amide bonds. The number of nitrogens with zero attached hydrogens (tertiary/aromatic N) is 2. The minimum absolute atomic E-state index is 0.0533. The van der Waals surface area contributed by atoms with E-state index in [2.05, 4.69) is 15.0 Å². The number of H-pyrrole nitrogens is 2. The fourth-order valence-corrected chi connectivity index (χ4v) is 4.86. The van der Waals surface area contributed by atoms with Gasteiger partial charge in [0, 0.05) is 22.7 Å². The van der Waals surface area contributed by atoms with E-state index in [1.807, 2.05) is 48.5 Å². The van der Waals surface area contributed by atoms with Crippen molar-refractivity contribution >= 4 is 45.3 Å². The molecule has 9 nitrogen and oxygen atoms in total. The lowest BCUT2D eigenvalue weighted by Crippen LogP contribution is -2.30. The van der Waals surface area contributed by atoms with Gasteiger partial charge in [-0.3, -0.25) is 14.5 Å². The van der Waals surface area contributed by atoms with Gasteiger partial charge in [-0.1, -0.05) is 36.4 Å². The van der Waals surface area contributed by atoms with Crippen LogP contribution in [0.3, 0.4) is 0 Å². The van der Waals surface area contributed by atoms with Crippen LogP contribution in [-0.2, 0) is 9.59 Å². The molecule has 1 atom stereocenters. The third-order valence-corrected chi connectivity index (χ3v) is 6.62. The van der Waals surface area contributed by atoms with E-state index in [0.717, 1.165) is 10.9 Å². The number of Topliss-reactive ketones (excluding diaryl/α,β-unsaturated/α-hetero) is 1. The minimum atomic E-state index is -0.978. The molecule has 3 aromatic carbocycles. The van der Waals surface area contributed by atoms with Gasteiger partial charge in [-0.05, 0) is 35.9 Å². The number of aromatic amines is 2. The maximum atomic E-state index is 13.5. The molecule has 0 bridgehead atoms. The van der Waals surface area contributed by atoms with Crippen LogP contribution in [-0.4, -0.2) is 46.0 Å². The van der Waals surface area contributed by atoms with Gasteiger partial charge in [-0.2, -0.15) is 0 Å². The Balaban J connectivity index is 1.61. The fourth-order valence-electron chi connectivity index (χ4n) is 4.86. The zero-order valence-corrected chi connectivity index (χ0v) is 20.0. The van der Waals surface area contributed by atoms with Gasteiger partial charge in [0.05, 0.1) is 36.9 Å². The summed E-state index contributed by atoms with van der Waals surface area (Å²) >= 11 is 0. The number of anilines is 1. The van der Waals surface area contributed by atoms with Crippen molar-refractivity contribution in [2.24, 2.45) is 0 Å². The Labute approximate surface area is 211 Å². The van der Waals surface area contributed by atoms with E-state index < -0.39 is 17.7 Å². The van der Waals surface area contributed by atoms with Crippen molar-refractivity contribution in [2.45, 2.75) is 6.04 Å². The van der Waals surface area contributed by atoms with Crippen LogP contribution in [0.25, 0.3) is 27.7 Å². The number of ether oxygens (including phenoxy) is 2. The summed E-state index contributed by atoms with van der Waals surface area (Å²) in [4.78, 5) is 39.1. The van der Waals surface area contributed by atoms with Crippen LogP contribution in [0.2, 0.25) is 0 Å². The van der Waals surface area contributed by atoms with Crippen molar-refractivity contribution in [3.63, 3.8) is 0 Å². The van der Waals surface area contributed by atoms with Crippen LogP contribution in [0.5, 0.6) is 11.5 Å². The number of hydrogen-bond acceptors (Lipinski definition) is 6. The number of hydrogen-bond donors (Lipinski definition) is 3. The molecule has 3 heterocycles. The van der Waals surface area contributed by atoms with Crippen LogP contribution >= 0.6 is 0 Å². The highest BCUT2D eigenvalue weighted by Gasteiger charge is 2.48. The molecule has 0 radical (unpaired) electrons. The lowest BCUT2D eigenvalue weighted by Gasteiger charge is -2.23. The molecule has 2 aromatic heterocycles. The molecule has 1 unspecified atom stereocenters. The Kier molecular flexibility index (Phi) is 5.19. The Morgan fingerprint density at radius 3 is 2.43 bits per heavy atom. The van der Waals surface area contributed by atoms with Crippen molar-refractivity contribution in [2.75, 3.05) is 19.1 Å². The summed E-state index contributed by atoms with van der Waals surface area (Å²) < 4.78 is 10.9. The van der Waals surface area contributed by atoms with Crippen molar-refractivity contribution in [1.82, 2.24) is 15.0 Å². The standard InChI is InChI=1S/C28H22N4O5/c1-36-21-12-11-15(13-22(21)37-2)24-23(25(33)17-14-29-18-8-4-3-7-16(17)18)26(34)27(35)32(24)28-30-19-9-5-6-10-20(19)31-28/h3-14,24,29,33H,1-2H3,(H,30,31)/b25-23+. The van der Waals surface area contributed by atoms with E-state index in [1.54, 1.807) is 24.4 Å². The second-order valence-corrected chi connectivity index (χ2v) is 8.61. The normalized spacial score (nSPS) is 17.1. The summed E-state index contributed by atoms with van der Waals surface area (Å²) in [5.74, 6) is -0.802. The third-order valence-electron chi connectivity index (χ3n) is 6.62. The highest BCUT2D eigenvalue weighted by molar-refractivity contribution is 6.51. The average molecular weight is 495 g/mol. The largest absolute Gasteiger partial charge is 0.507 e. The maximum Gasteiger partial charge on any atom is 0.302 e. The number of nitrogens with one attached hydrogen (secondary N) is 2. The Hall–Kier alpha value is -5.05. The smallest absolute Gasteiger partial charge is 0.302 e. The van der Waals surface area contributed by atoms with Crippen molar-refractivity contribution < 1.29 is 24.2 Å². The second-order valence-electron chi connectivity index (χ2n) is 8.61. The van der Waals surface area contributed by atoms with Crippen LogP contribution < -0.4 is 14.4 Å². The molecule has 1 fully saturated rings. The van der Waals surface area contributed by atoms with E-state index in [0.29, 0.717) is 33.7 Å². The van der Waals surface area contributed by atoms with Crippen molar-refractivity contribution in [1.29, 1.82) is 0 Å². The molecule has 1 saturated heterocycles. The lowest BCUT2D eigenvalue weighted by molar-refractivity contribution is -0.132. The first-order chi connectivity index (χ1) is 18.0. The predicted octanol–water partition coefficient (Wildman–Crippen LogP) is 4.69. The fraction of sp³-hybridized carbons (Fsp3) is 0.107. The Morgan fingerprint density at radius 2 is 1.68 bits per heavy atom. The Bertz CT molecular complexity index is 1700. The second kappa shape index (κ2) is 8.56. The highest BCUT2D eigenvalue weighted by Crippen LogP contribution is 2.44. The molecule has 9 heteroatoms. The summed E-state index contributed by atoms with van der Waals surface area (Å²) in [5.41, 5.74) is 3.05. The van der Waals surface area contributed by atoms with E-state index in [1.165, 1.54) is 19.1 Å². The van der Waals surface area contributed by atoms with Crippen LogP contribution in [0, 0.1) is 0 Å². The maximum absolute atomic E-state index is 13.5. The van der Waals surface area contributed by atoms with Gasteiger partial charge in [-0.15, -0.1) is 0 Å². The van der Waals surface area contributed by atoms with E-state index in [4.69, 9.17) is 9.47 Å². The number of aliphatic hydroxyl groups is 1. The van der Waals surface area contributed by atoms with Gasteiger partial charge < -0.3 is 24.5 Å². The highest BCUT2D eigenvalue weighted by atomic mass is 16.5. The zero-order valence-electron chi connectivity index (χ0n) is 20.0.